The number of nitrogens with one attached hydrogen (secondary N) is 1. The summed E-state index contributed by atoms with van der Waals surface area (Å²) in [5, 5.41) is 24.5. The minimum Gasteiger partial charge on any atom is -0.534 e. The summed E-state index contributed by atoms with van der Waals surface area (Å²) < 4.78 is 5.34. The van der Waals surface area contributed by atoms with Crippen LogP contribution in [-0.4, -0.2) is 40.1 Å². The molecular weight excluding hydrogens is 345 g/mol. The molecule has 25 heavy (non-hydrogen) atoms. The molecule has 2 aromatic rings. The van der Waals surface area contributed by atoms with Crippen molar-refractivity contribution >= 4 is 30.3 Å². The van der Waals surface area contributed by atoms with Crippen LogP contribution < -0.4 is 15.7 Å². The Hall–Kier alpha value is -2.43. The number of carbonyl (C=O) groups is 2. The highest BCUT2D eigenvalue weighted by Crippen LogP contribution is 2.30. The molecule has 2 heterocycles. The molecule has 0 spiro atoms. The van der Waals surface area contributed by atoms with E-state index >= 15 is 0 Å². The fourth-order valence-electron chi connectivity index (χ4n) is 2.66. The molecule has 10 heteroatoms. The number of nitrogens with zero attached hydrogens (tertiary/aromatic N) is 1. The second kappa shape index (κ2) is 7.22. The number of aromatic carboxylic acids is 1. The zero-order chi connectivity index (χ0) is 18.0. The summed E-state index contributed by atoms with van der Waals surface area (Å²) >= 11 is 1.39. The monoisotopic (exact) mass is 361 g/mol. The van der Waals surface area contributed by atoms with Crippen LogP contribution in [0.4, 0.5) is 0 Å². The van der Waals surface area contributed by atoms with Crippen molar-refractivity contribution in [2.45, 2.75) is 25.3 Å². The van der Waals surface area contributed by atoms with Gasteiger partial charge in [0, 0.05) is 11.9 Å². The Morgan fingerprint density at radius 3 is 2.96 bits per heavy atom. The number of para-hydroxylation sites is 1. The van der Waals surface area contributed by atoms with Gasteiger partial charge in [-0.25, -0.2) is 9.78 Å². The number of carboxylic acid groups (broad SMARTS) is 1. The summed E-state index contributed by atoms with van der Waals surface area (Å²) in [7, 11) is -1.33. The van der Waals surface area contributed by atoms with E-state index in [4.69, 9.17) is 10.4 Å². The third-order valence-corrected chi connectivity index (χ3v) is 4.73. The lowest BCUT2D eigenvalue weighted by molar-refractivity contribution is -0.120. The molecule has 1 unspecified atom stereocenters. The van der Waals surface area contributed by atoms with Gasteiger partial charge in [0.15, 0.2) is 0 Å². The van der Waals surface area contributed by atoms with Gasteiger partial charge >= 0.3 is 13.1 Å². The Morgan fingerprint density at radius 1 is 1.48 bits per heavy atom. The number of aromatic nitrogens is 1. The van der Waals surface area contributed by atoms with E-state index < -0.39 is 19.0 Å². The van der Waals surface area contributed by atoms with Crippen molar-refractivity contribution in [1.29, 1.82) is 0 Å². The molecule has 1 aromatic heterocycles. The maximum absolute atomic E-state index is 12.2. The molecule has 0 bridgehead atoms. The van der Waals surface area contributed by atoms with E-state index in [1.807, 2.05) is 0 Å². The minimum atomic E-state index is -1.33. The van der Waals surface area contributed by atoms with Crippen LogP contribution in [-0.2, 0) is 24.2 Å². The molecule has 0 radical (unpaired) electrons. The number of amides is 1. The van der Waals surface area contributed by atoms with Crippen LogP contribution in [0.3, 0.4) is 0 Å². The highest BCUT2D eigenvalue weighted by atomic mass is 32.1. The fraction of sp³-hybridized carbons (Fsp3) is 0.267. The molecule has 0 saturated heterocycles. The third-order valence-electron chi connectivity index (χ3n) is 3.81. The van der Waals surface area contributed by atoms with Gasteiger partial charge < -0.3 is 25.8 Å². The Bertz CT molecular complexity index is 812. The zero-order valence-corrected chi connectivity index (χ0v) is 14.0. The largest absolute Gasteiger partial charge is 0.547 e. The number of carboxylic acids is 1. The lowest BCUT2D eigenvalue weighted by Gasteiger charge is -2.28. The highest BCUT2D eigenvalue weighted by molar-refractivity contribution is 7.09. The molecule has 1 amide bonds. The standard InChI is InChI=1S/C15H16BN3O5S/c17-6-13-18-9(7-25-13)5-12(20)19-11-4-8-2-1-3-10(15(21)22)14(8)24-16(11)23/h1-3,7,11,23H,4-6,17H2,(H,19,20)(H,21,22). The Morgan fingerprint density at radius 2 is 2.28 bits per heavy atom. The van der Waals surface area contributed by atoms with Crippen LogP contribution in [0.25, 0.3) is 0 Å². The van der Waals surface area contributed by atoms with Gasteiger partial charge in [0.2, 0.25) is 5.91 Å². The first-order chi connectivity index (χ1) is 12.0. The van der Waals surface area contributed by atoms with Gasteiger partial charge in [-0.1, -0.05) is 12.1 Å². The van der Waals surface area contributed by atoms with Crippen molar-refractivity contribution < 1.29 is 24.4 Å². The summed E-state index contributed by atoms with van der Waals surface area (Å²) in [5.41, 5.74) is 6.71. The number of hydrogen-bond acceptors (Lipinski definition) is 7. The SMILES string of the molecule is NCc1nc(CC(=O)NC2Cc3cccc(C(=O)O)c3OB2O)cs1. The average Bonchev–Trinajstić information content (AvgIpc) is 3.02. The van der Waals surface area contributed by atoms with Crippen molar-refractivity contribution in [3.8, 4) is 5.75 Å². The fourth-order valence-corrected chi connectivity index (χ4v) is 3.34. The summed E-state index contributed by atoms with van der Waals surface area (Å²) in [4.78, 5) is 27.6. The van der Waals surface area contributed by atoms with E-state index in [9.17, 15) is 19.7 Å². The van der Waals surface area contributed by atoms with Crippen molar-refractivity contribution in [2.75, 3.05) is 0 Å². The Balaban J connectivity index is 1.68. The van der Waals surface area contributed by atoms with E-state index in [2.05, 4.69) is 10.3 Å². The normalized spacial score (nSPS) is 16.1. The topological polar surface area (TPSA) is 135 Å². The number of thiazole rings is 1. The molecule has 8 nitrogen and oxygen atoms in total. The van der Waals surface area contributed by atoms with Gasteiger partial charge in [0.25, 0.3) is 0 Å². The molecule has 0 saturated carbocycles. The number of rotatable bonds is 5. The maximum atomic E-state index is 12.2. The second-order valence-electron chi connectivity index (χ2n) is 5.60. The average molecular weight is 361 g/mol. The molecule has 3 rings (SSSR count). The van der Waals surface area contributed by atoms with Crippen molar-refractivity contribution in [3.63, 3.8) is 0 Å². The molecule has 1 aromatic carbocycles. The quantitative estimate of drug-likeness (QED) is 0.550. The summed E-state index contributed by atoms with van der Waals surface area (Å²) in [5.74, 6) is -1.97. The van der Waals surface area contributed by atoms with Crippen LogP contribution in [0.15, 0.2) is 23.6 Å². The second-order valence-corrected chi connectivity index (χ2v) is 6.54. The lowest BCUT2D eigenvalue weighted by atomic mass is 9.72. The third kappa shape index (κ3) is 3.81. The first kappa shape index (κ1) is 17.4. The van der Waals surface area contributed by atoms with Crippen LogP contribution in [0, 0.1) is 0 Å². The van der Waals surface area contributed by atoms with Crippen molar-refractivity contribution in [3.05, 3.63) is 45.4 Å². The van der Waals surface area contributed by atoms with Gasteiger partial charge in [-0.15, -0.1) is 11.3 Å². The maximum Gasteiger partial charge on any atom is 0.547 e. The molecule has 1 aliphatic heterocycles. The predicted molar refractivity (Wildman–Crippen MR) is 91.3 cm³/mol. The number of fused-ring (bicyclic) bond motifs is 1. The predicted octanol–water partition coefficient (Wildman–Crippen LogP) is -0.0179. The van der Waals surface area contributed by atoms with Crippen molar-refractivity contribution in [2.24, 2.45) is 5.73 Å². The van der Waals surface area contributed by atoms with E-state index in [1.165, 1.54) is 17.4 Å². The first-order valence-electron chi connectivity index (χ1n) is 7.60. The molecule has 0 aliphatic carbocycles. The number of nitrogens with two attached hydrogens (primary N) is 1. The number of hydrogen-bond donors (Lipinski definition) is 4. The number of benzene rings is 1. The van der Waals surface area contributed by atoms with E-state index in [1.54, 1.807) is 17.5 Å². The van der Waals surface area contributed by atoms with E-state index in [-0.39, 0.29) is 30.1 Å². The summed E-state index contributed by atoms with van der Waals surface area (Å²) in [6.45, 7) is 0.324. The Labute approximate surface area is 147 Å². The van der Waals surface area contributed by atoms with Crippen LogP contribution in [0.1, 0.15) is 26.6 Å². The summed E-state index contributed by atoms with van der Waals surface area (Å²) in [6, 6.07) is 4.72. The van der Waals surface area contributed by atoms with Crippen LogP contribution >= 0.6 is 11.3 Å². The van der Waals surface area contributed by atoms with Gasteiger partial charge in [-0.2, -0.15) is 0 Å². The zero-order valence-electron chi connectivity index (χ0n) is 13.1. The van der Waals surface area contributed by atoms with Gasteiger partial charge in [-0.3, -0.25) is 4.79 Å². The van der Waals surface area contributed by atoms with Gasteiger partial charge in [-0.05, 0) is 18.1 Å². The van der Waals surface area contributed by atoms with E-state index in [0.29, 0.717) is 17.8 Å². The first-order valence-corrected chi connectivity index (χ1v) is 8.48. The summed E-state index contributed by atoms with van der Waals surface area (Å²) in [6.07, 6.45) is 0.343. The van der Waals surface area contributed by atoms with Crippen LogP contribution in [0.5, 0.6) is 5.75 Å². The van der Waals surface area contributed by atoms with Crippen LogP contribution in [0.2, 0.25) is 0 Å². The molecule has 1 aliphatic rings. The highest BCUT2D eigenvalue weighted by Gasteiger charge is 2.37. The van der Waals surface area contributed by atoms with Gasteiger partial charge in [0.05, 0.1) is 23.6 Å². The number of carbonyl (C=O) groups excluding carboxylic acids is 1. The molecule has 0 fully saturated rings. The minimum absolute atomic E-state index is 0.0156. The lowest BCUT2D eigenvalue weighted by Crippen LogP contribution is -2.53. The molecule has 1 atom stereocenters. The smallest absolute Gasteiger partial charge is 0.534 e. The van der Waals surface area contributed by atoms with E-state index in [0.717, 1.165) is 5.01 Å². The molecule has 130 valence electrons. The van der Waals surface area contributed by atoms with Crippen molar-refractivity contribution in [1.82, 2.24) is 10.3 Å². The molecular formula is C15H16BN3O5S. The Kier molecular flexibility index (Phi) is 5.02. The van der Waals surface area contributed by atoms with Gasteiger partial charge in [0.1, 0.15) is 10.8 Å². The molecule has 5 N–H and O–H groups in total.